The summed E-state index contributed by atoms with van der Waals surface area (Å²) in [5.74, 6) is -0.163. The standard InChI is InChI=1S/C15H10N6OS3/c22-13(10-5-2-1-3-6-10)17-11-9-16-15(24-11)25-14-18-19-20-21(14)12-7-4-8-23-12/h1-9H,(H,17,22). The first-order valence-corrected chi connectivity index (χ1v) is 9.63. The number of aromatic nitrogens is 5. The Hall–Kier alpha value is -2.56. The lowest BCUT2D eigenvalue weighted by Gasteiger charge is -2.01. The lowest BCUT2D eigenvalue weighted by atomic mass is 10.2. The van der Waals surface area contributed by atoms with E-state index in [0.717, 1.165) is 9.34 Å². The van der Waals surface area contributed by atoms with E-state index in [4.69, 9.17) is 0 Å². The van der Waals surface area contributed by atoms with Crippen molar-refractivity contribution in [2.45, 2.75) is 9.50 Å². The van der Waals surface area contributed by atoms with E-state index in [1.165, 1.54) is 23.1 Å². The number of benzene rings is 1. The normalized spacial score (nSPS) is 10.7. The van der Waals surface area contributed by atoms with E-state index < -0.39 is 0 Å². The van der Waals surface area contributed by atoms with Crippen LogP contribution in [-0.2, 0) is 0 Å². The molecule has 0 spiro atoms. The predicted molar refractivity (Wildman–Crippen MR) is 97.7 cm³/mol. The quantitative estimate of drug-likeness (QED) is 0.564. The molecule has 1 aromatic carbocycles. The first-order chi connectivity index (χ1) is 12.3. The number of hydrogen-bond donors (Lipinski definition) is 1. The van der Waals surface area contributed by atoms with Crippen molar-refractivity contribution in [1.82, 2.24) is 25.2 Å². The van der Waals surface area contributed by atoms with Crippen LogP contribution in [0, 0.1) is 0 Å². The average Bonchev–Trinajstić information content (AvgIpc) is 3.38. The summed E-state index contributed by atoms with van der Waals surface area (Å²) in [5.41, 5.74) is 0.603. The molecule has 0 aliphatic rings. The number of amides is 1. The van der Waals surface area contributed by atoms with Crippen LogP contribution in [0.1, 0.15) is 10.4 Å². The topological polar surface area (TPSA) is 85.6 Å². The predicted octanol–water partition coefficient (Wildman–Crippen LogP) is 3.58. The lowest BCUT2D eigenvalue weighted by Crippen LogP contribution is -2.10. The minimum Gasteiger partial charge on any atom is -0.312 e. The second-order valence-corrected chi connectivity index (χ2v) is 7.91. The minimum atomic E-state index is -0.163. The molecule has 0 atom stereocenters. The third-order valence-corrected chi connectivity index (χ3v) is 5.86. The molecule has 0 radical (unpaired) electrons. The molecule has 0 saturated heterocycles. The zero-order chi connectivity index (χ0) is 17.1. The lowest BCUT2D eigenvalue weighted by molar-refractivity contribution is 0.102. The molecule has 0 aliphatic heterocycles. The maximum atomic E-state index is 12.2. The van der Waals surface area contributed by atoms with Crippen molar-refractivity contribution >= 4 is 45.3 Å². The van der Waals surface area contributed by atoms with Crippen LogP contribution in [0.2, 0.25) is 0 Å². The van der Waals surface area contributed by atoms with Crippen molar-refractivity contribution in [2.24, 2.45) is 0 Å². The number of nitrogens with zero attached hydrogens (tertiary/aromatic N) is 5. The molecule has 7 nitrogen and oxygen atoms in total. The highest BCUT2D eigenvalue weighted by atomic mass is 32.2. The number of anilines is 1. The van der Waals surface area contributed by atoms with Crippen LogP contribution < -0.4 is 5.32 Å². The van der Waals surface area contributed by atoms with Gasteiger partial charge in [-0.2, -0.15) is 4.68 Å². The Morgan fingerprint density at radius 2 is 2.04 bits per heavy atom. The zero-order valence-electron chi connectivity index (χ0n) is 12.6. The number of carbonyl (C=O) groups excluding carboxylic acids is 1. The molecule has 0 fully saturated rings. The Labute approximate surface area is 154 Å². The largest absolute Gasteiger partial charge is 0.312 e. The smallest absolute Gasteiger partial charge is 0.256 e. The molecule has 0 unspecified atom stereocenters. The van der Waals surface area contributed by atoms with Crippen molar-refractivity contribution in [1.29, 1.82) is 0 Å². The maximum absolute atomic E-state index is 12.2. The van der Waals surface area contributed by atoms with E-state index in [1.807, 2.05) is 35.7 Å². The number of thiazole rings is 1. The molecule has 25 heavy (non-hydrogen) atoms. The van der Waals surface area contributed by atoms with Crippen molar-refractivity contribution < 1.29 is 4.79 Å². The van der Waals surface area contributed by atoms with E-state index in [2.05, 4.69) is 25.8 Å². The summed E-state index contributed by atoms with van der Waals surface area (Å²) in [6, 6.07) is 12.9. The van der Waals surface area contributed by atoms with Gasteiger partial charge in [0.2, 0.25) is 5.16 Å². The molecule has 124 valence electrons. The maximum Gasteiger partial charge on any atom is 0.256 e. The second kappa shape index (κ2) is 7.13. The SMILES string of the molecule is O=C(Nc1cnc(Sc2nnnn2-c2cccs2)s1)c1ccccc1. The molecule has 3 aromatic heterocycles. The molecule has 0 saturated carbocycles. The van der Waals surface area contributed by atoms with Gasteiger partial charge in [0.25, 0.3) is 5.91 Å². The highest BCUT2D eigenvalue weighted by Crippen LogP contribution is 2.33. The molecule has 4 rings (SSSR count). The summed E-state index contributed by atoms with van der Waals surface area (Å²) in [6.45, 7) is 0. The molecule has 3 heterocycles. The Balaban J connectivity index is 1.48. The van der Waals surface area contributed by atoms with Crippen LogP contribution in [0.4, 0.5) is 5.00 Å². The summed E-state index contributed by atoms with van der Waals surface area (Å²) in [7, 11) is 0. The number of carbonyl (C=O) groups is 1. The van der Waals surface area contributed by atoms with Gasteiger partial charge >= 0.3 is 0 Å². The number of rotatable bonds is 5. The first kappa shape index (κ1) is 15.9. The second-order valence-electron chi connectivity index (χ2n) is 4.74. The number of nitrogens with one attached hydrogen (secondary N) is 1. The number of tetrazole rings is 1. The summed E-state index contributed by atoms with van der Waals surface area (Å²) < 4.78 is 2.41. The van der Waals surface area contributed by atoms with Gasteiger partial charge in [0.1, 0.15) is 10.0 Å². The first-order valence-electron chi connectivity index (χ1n) is 7.12. The van der Waals surface area contributed by atoms with Crippen LogP contribution in [0.15, 0.2) is 63.5 Å². The van der Waals surface area contributed by atoms with Gasteiger partial charge in [-0.1, -0.05) is 29.5 Å². The van der Waals surface area contributed by atoms with Crippen molar-refractivity contribution in [3.8, 4) is 5.00 Å². The highest BCUT2D eigenvalue weighted by Gasteiger charge is 2.14. The molecular formula is C15H10N6OS3. The fraction of sp³-hybridized carbons (Fsp3) is 0. The van der Waals surface area contributed by atoms with Crippen LogP contribution >= 0.6 is 34.4 Å². The monoisotopic (exact) mass is 386 g/mol. The summed E-state index contributed by atoms with van der Waals surface area (Å²) in [5, 5.41) is 18.8. The van der Waals surface area contributed by atoms with Crippen LogP contribution in [0.3, 0.4) is 0 Å². The minimum absolute atomic E-state index is 0.163. The third kappa shape index (κ3) is 3.60. The molecular weight excluding hydrogens is 376 g/mol. The van der Waals surface area contributed by atoms with Crippen LogP contribution in [0.25, 0.3) is 5.00 Å². The van der Waals surface area contributed by atoms with Crippen LogP contribution in [0.5, 0.6) is 0 Å². The molecule has 0 bridgehead atoms. The highest BCUT2D eigenvalue weighted by molar-refractivity contribution is 8.01. The van der Waals surface area contributed by atoms with Crippen molar-refractivity contribution in [3.05, 3.63) is 59.6 Å². The van der Waals surface area contributed by atoms with Crippen molar-refractivity contribution in [2.75, 3.05) is 5.32 Å². The van der Waals surface area contributed by atoms with E-state index in [9.17, 15) is 4.79 Å². The molecule has 1 amide bonds. The number of thiophene rings is 1. The van der Waals surface area contributed by atoms with Gasteiger partial charge in [-0.15, -0.1) is 16.4 Å². The van der Waals surface area contributed by atoms with E-state index in [0.29, 0.717) is 15.7 Å². The van der Waals surface area contributed by atoms with E-state index in [1.54, 1.807) is 34.3 Å². The zero-order valence-corrected chi connectivity index (χ0v) is 15.0. The fourth-order valence-electron chi connectivity index (χ4n) is 1.99. The van der Waals surface area contributed by atoms with E-state index in [-0.39, 0.29) is 5.91 Å². The van der Waals surface area contributed by atoms with Gasteiger partial charge in [0, 0.05) is 5.56 Å². The van der Waals surface area contributed by atoms with Gasteiger partial charge in [-0.25, -0.2) is 4.98 Å². The Kier molecular flexibility index (Phi) is 4.55. The Bertz CT molecular complexity index is 980. The van der Waals surface area contributed by atoms with Crippen LogP contribution in [-0.4, -0.2) is 31.1 Å². The summed E-state index contributed by atoms with van der Waals surface area (Å²) >= 11 is 4.28. The summed E-state index contributed by atoms with van der Waals surface area (Å²) in [6.07, 6.45) is 1.63. The van der Waals surface area contributed by atoms with E-state index >= 15 is 0 Å². The molecule has 0 aliphatic carbocycles. The van der Waals surface area contributed by atoms with Gasteiger partial charge in [-0.3, -0.25) is 4.79 Å². The average molecular weight is 386 g/mol. The fourth-order valence-corrected chi connectivity index (χ4v) is 4.48. The van der Waals surface area contributed by atoms with Crippen molar-refractivity contribution in [3.63, 3.8) is 0 Å². The van der Waals surface area contributed by atoms with Gasteiger partial charge in [0.05, 0.1) is 6.20 Å². The molecule has 1 N–H and O–H groups in total. The number of hydrogen-bond acceptors (Lipinski definition) is 8. The van der Waals surface area contributed by atoms with Gasteiger partial charge < -0.3 is 5.32 Å². The summed E-state index contributed by atoms with van der Waals surface area (Å²) in [4.78, 5) is 16.5. The van der Waals surface area contributed by atoms with Gasteiger partial charge in [-0.05, 0) is 51.8 Å². The third-order valence-electron chi connectivity index (χ3n) is 3.09. The Morgan fingerprint density at radius 1 is 1.16 bits per heavy atom. The molecule has 10 heteroatoms. The Morgan fingerprint density at radius 3 is 2.84 bits per heavy atom. The molecule has 4 aromatic rings. The van der Waals surface area contributed by atoms with Gasteiger partial charge in [0.15, 0.2) is 4.34 Å².